The fraction of sp³-hybridized carbons (Fsp3) is 0.381. The summed E-state index contributed by atoms with van der Waals surface area (Å²) in [6.45, 7) is 1.12. The Morgan fingerprint density at radius 1 is 1.21 bits per heavy atom. The Morgan fingerprint density at radius 2 is 1.94 bits per heavy atom. The number of hydrogen-bond donors (Lipinski definition) is 3. The molecule has 3 N–H and O–H groups in total. The SMILES string of the molecule is CN1CCc2nc(C(=O)NC(CNC(=O)C(=O)Nc3ccc(F)cc3F)C(=O)N(C)C)sc2C1. The summed E-state index contributed by atoms with van der Waals surface area (Å²) in [6.07, 6.45) is 0.718. The van der Waals surface area contributed by atoms with Gasteiger partial charge in [-0.3, -0.25) is 19.2 Å². The van der Waals surface area contributed by atoms with Crippen molar-refractivity contribution in [3.63, 3.8) is 0 Å². The molecule has 1 unspecified atom stereocenters. The molecule has 0 saturated heterocycles. The zero-order valence-electron chi connectivity index (χ0n) is 18.8. The zero-order valence-corrected chi connectivity index (χ0v) is 19.6. The fourth-order valence-corrected chi connectivity index (χ4v) is 4.29. The lowest BCUT2D eigenvalue weighted by atomic mass is 10.2. The van der Waals surface area contributed by atoms with Gasteiger partial charge in [-0.1, -0.05) is 0 Å². The van der Waals surface area contributed by atoms with Gasteiger partial charge in [0.05, 0.1) is 11.4 Å². The number of halogens is 2. The van der Waals surface area contributed by atoms with Crippen molar-refractivity contribution in [2.45, 2.75) is 19.0 Å². The van der Waals surface area contributed by atoms with Crippen LogP contribution in [0.25, 0.3) is 0 Å². The number of rotatable bonds is 6. The van der Waals surface area contributed by atoms with E-state index in [0.717, 1.165) is 35.7 Å². The molecule has 0 aliphatic carbocycles. The van der Waals surface area contributed by atoms with Crippen molar-refractivity contribution in [2.24, 2.45) is 0 Å². The summed E-state index contributed by atoms with van der Waals surface area (Å²) in [7, 11) is 4.92. The van der Waals surface area contributed by atoms with Gasteiger partial charge in [-0.25, -0.2) is 13.8 Å². The van der Waals surface area contributed by atoms with E-state index in [1.165, 1.54) is 30.3 Å². The van der Waals surface area contributed by atoms with Crippen LogP contribution in [0.3, 0.4) is 0 Å². The molecule has 4 amide bonds. The maximum atomic E-state index is 13.7. The molecule has 0 bridgehead atoms. The predicted molar refractivity (Wildman–Crippen MR) is 120 cm³/mol. The largest absolute Gasteiger partial charge is 0.347 e. The normalized spacial score (nSPS) is 14.0. The molecule has 182 valence electrons. The first kappa shape index (κ1) is 25.2. The van der Waals surface area contributed by atoms with Crippen LogP contribution in [0.2, 0.25) is 0 Å². The van der Waals surface area contributed by atoms with Crippen LogP contribution in [0.5, 0.6) is 0 Å². The molecule has 13 heteroatoms. The Morgan fingerprint density at radius 3 is 2.62 bits per heavy atom. The lowest BCUT2D eigenvalue weighted by Crippen LogP contribution is -2.53. The minimum atomic E-state index is -1.22. The van der Waals surface area contributed by atoms with Gasteiger partial charge in [-0.15, -0.1) is 11.3 Å². The molecule has 1 atom stereocenters. The maximum absolute atomic E-state index is 13.7. The Kier molecular flexibility index (Phi) is 7.89. The van der Waals surface area contributed by atoms with E-state index < -0.39 is 47.8 Å². The monoisotopic (exact) mass is 494 g/mol. The molecule has 1 aromatic carbocycles. The van der Waals surface area contributed by atoms with Crippen molar-refractivity contribution in [2.75, 3.05) is 39.5 Å². The van der Waals surface area contributed by atoms with Crippen LogP contribution >= 0.6 is 11.3 Å². The highest BCUT2D eigenvalue weighted by Gasteiger charge is 2.28. The van der Waals surface area contributed by atoms with Gasteiger partial charge in [0.25, 0.3) is 5.91 Å². The number of likely N-dealkylation sites (N-methyl/N-ethyl adjacent to an activating group) is 2. The van der Waals surface area contributed by atoms with Gasteiger partial charge in [-0.2, -0.15) is 0 Å². The van der Waals surface area contributed by atoms with Crippen LogP contribution in [-0.4, -0.2) is 78.7 Å². The molecule has 0 saturated carbocycles. The Labute approximate surface area is 198 Å². The summed E-state index contributed by atoms with van der Waals surface area (Å²) in [6, 6.07) is 1.28. The lowest BCUT2D eigenvalue weighted by Gasteiger charge is -2.21. The average molecular weight is 495 g/mol. The van der Waals surface area contributed by atoms with Gasteiger partial charge >= 0.3 is 11.8 Å². The number of nitrogens with one attached hydrogen (secondary N) is 3. The number of carbonyl (C=O) groups is 4. The highest BCUT2D eigenvalue weighted by atomic mass is 32.1. The first-order chi connectivity index (χ1) is 16.0. The average Bonchev–Trinajstić information content (AvgIpc) is 3.20. The minimum Gasteiger partial charge on any atom is -0.347 e. The number of nitrogens with zero attached hydrogens (tertiary/aromatic N) is 3. The van der Waals surface area contributed by atoms with Crippen LogP contribution in [0.15, 0.2) is 18.2 Å². The second kappa shape index (κ2) is 10.7. The van der Waals surface area contributed by atoms with Gasteiger partial charge in [0, 0.05) is 51.1 Å². The standard InChI is InChI=1S/C21H24F2N6O4S/c1-28(2)21(33)15(26-19(32)20-27-14-6-7-29(3)10-16(14)34-20)9-24-17(30)18(31)25-13-5-4-11(22)8-12(13)23/h4-5,8,15H,6-7,9-10H2,1-3H3,(H,24,30)(H,25,31)(H,26,32). The second-order valence-corrected chi connectivity index (χ2v) is 9.01. The van der Waals surface area contributed by atoms with E-state index in [0.29, 0.717) is 12.6 Å². The van der Waals surface area contributed by atoms with Crippen LogP contribution in [0.1, 0.15) is 20.4 Å². The van der Waals surface area contributed by atoms with Gasteiger partial charge < -0.3 is 25.8 Å². The summed E-state index contributed by atoms with van der Waals surface area (Å²) in [5, 5.41) is 7.02. The molecule has 34 heavy (non-hydrogen) atoms. The summed E-state index contributed by atoms with van der Waals surface area (Å²) < 4.78 is 26.7. The predicted octanol–water partition coefficient (Wildman–Crippen LogP) is 0.351. The summed E-state index contributed by atoms with van der Waals surface area (Å²) >= 11 is 1.24. The van der Waals surface area contributed by atoms with E-state index in [1.807, 2.05) is 12.4 Å². The number of fused-ring (bicyclic) bond motifs is 1. The van der Waals surface area contributed by atoms with Crippen LogP contribution in [0.4, 0.5) is 14.5 Å². The Bertz CT molecular complexity index is 1120. The number of aromatic nitrogens is 1. The van der Waals surface area contributed by atoms with Gasteiger partial charge in [-0.05, 0) is 19.2 Å². The van der Waals surface area contributed by atoms with E-state index in [4.69, 9.17) is 0 Å². The van der Waals surface area contributed by atoms with Crippen molar-refractivity contribution >= 4 is 40.7 Å². The van der Waals surface area contributed by atoms with Gasteiger partial charge in [0.1, 0.15) is 17.7 Å². The molecule has 3 rings (SSSR count). The number of anilines is 1. The van der Waals surface area contributed by atoms with Crippen LogP contribution in [-0.2, 0) is 27.3 Å². The van der Waals surface area contributed by atoms with Crippen molar-refractivity contribution in [3.8, 4) is 0 Å². The van der Waals surface area contributed by atoms with Crippen molar-refractivity contribution in [3.05, 3.63) is 45.4 Å². The van der Waals surface area contributed by atoms with Crippen molar-refractivity contribution in [1.82, 2.24) is 25.4 Å². The third kappa shape index (κ3) is 6.11. The molecule has 10 nitrogen and oxygen atoms in total. The first-order valence-corrected chi connectivity index (χ1v) is 11.1. The lowest BCUT2D eigenvalue weighted by molar-refractivity contribution is -0.136. The highest BCUT2D eigenvalue weighted by Crippen LogP contribution is 2.24. The zero-order chi connectivity index (χ0) is 25.0. The van der Waals surface area contributed by atoms with E-state index in [2.05, 4.69) is 20.5 Å². The quantitative estimate of drug-likeness (QED) is 0.498. The third-order valence-electron chi connectivity index (χ3n) is 5.01. The third-order valence-corrected chi connectivity index (χ3v) is 6.09. The van der Waals surface area contributed by atoms with Gasteiger partial charge in [0.15, 0.2) is 5.01 Å². The molecule has 1 aliphatic rings. The highest BCUT2D eigenvalue weighted by molar-refractivity contribution is 7.13. The first-order valence-electron chi connectivity index (χ1n) is 10.3. The molecule has 2 aromatic rings. The number of thiazole rings is 1. The van der Waals surface area contributed by atoms with E-state index in [1.54, 1.807) is 0 Å². The summed E-state index contributed by atoms with van der Waals surface area (Å²) in [5.41, 5.74) is 0.468. The Hall–Kier alpha value is -3.45. The molecular formula is C21H24F2N6O4S. The van der Waals surface area contributed by atoms with Crippen LogP contribution < -0.4 is 16.0 Å². The number of amides is 4. The van der Waals surface area contributed by atoms with Crippen molar-refractivity contribution in [1.29, 1.82) is 0 Å². The topological polar surface area (TPSA) is 124 Å². The molecule has 1 aliphatic heterocycles. The van der Waals surface area contributed by atoms with Crippen LogP contribution in [0, 0.1) is 11.6 Å². The molecule has 0 spiro atoms. The van der Waals surface area contributed by atoms with E-state index in [9.17, 15) is 28.0 Å². The molecule has 0 radical (unpaired) electrons. The maximum Gasteiger partial charge on any atom is 0.313 e. The molecular weight excluding hydrogens is 470 g/mol. The molecule has 0 fully saturated rings. The van der Waals surface area contributed by atoms with Crippen molar-refractivity contribution < 1.29 is 28.0 Å². The summed E-state index contributed by atoms with van der Waals surface area (Å²) in [4.78, 5) is 58.2. The second-order valence-electron chi connectivity index (χ2n) is 7.92. The molecule has 2 heterocycles. The minimum absolute atomic E-state index is 0.202. The van der Waals surface area contributed by atoms with E-state index in [-0.39, 0.29) is 10.7 Å². The number of hydrogen-bond acceptors (Lipinski definition) is 7. The molecule has 1 aromatic heterocycles. The summed E-state index contributed by atoms with van der Waals surface area (Å²) in [5.74, 6) is -5.36. The number of carbonyl (C=O) groups excluding carboxylic acids is 4. The number of benzene rings is 1. The van der Waals surface area contributed by atoms with E-state index >= 15 is 0 Å². The fourth-order valence-electron chi connectivity index (χ4n) is 3.20. The smallest absolute Gasteiger partial charge is 0.313 e. The van der Waals surface area contributed by atoms with Gasteiger partial charge in [0.2, 0.25) is 5.91 Å². The Balaban J connectivity index is 1.63.